The molecular formula is C14H27N3O. The lowest BCUT2D eigenvalue weighted by atomic mass is 10.1. The lowest BCUT2D eigenvalue weighted by Crippen LogP contribution is -2.38. The number of nitrogens with zero attached hydrogens (tertiary/aromatic N) is 2. The minimum Gasteiger partial charge on any atom is -0.486 e. The van der Waals surface area contributed by atoms with Gasteiger partial charge in [-0.05, 0) is 12.3 Å². The number of ether oxygens (including phenoxy) is 1. The summed E-state index contributed by atoms with van der Waals surface area (Å²) < 4.78 is 7.94. The van der Waals surface area contributed by atoms with Crippen LogP contribution in [0.3, 0.4) is 0 Å². The van der Waals surface area contributed by atoms with Crippen molar-refractivity contribution in [3.05, 3.63) is 12.4 Å². The summed E-state index contributed by atoms with van der Waals surface area (Å²) in [6.45, 7) is 12.6. The van der Waals surface area contributed by atoms with Crippen molar-refractivity contribution in [3.8, 4) is 5.75 Å². The van der Waals surface area contributed by atoms with Gasteiger partial charge in [-0.25, -0.2) is 0 Å². The molecule has 4 nitrogen and oxygen atoms in total. The van der Waals surface area contributed by atoms with Crippen LogP contribution in [0.4, 0.5) is 0 Å². The molecule has 0 saturated carbocycles. The van der Waals surface area contributed by atoms with Crippen LogP contribution in [-0.2, 0) is 6.54 Å². The van der Waals surface area contributed by atoms with Gasteiger partial charge in [0.2, 0.25) is 0 Å². The molecule has 0 aliphatic rings. The highest BCUT2D eigenvalue weighted by molar-refractivity contribution is 5.12. The molecule has 0 radical (unpaired) electrons. The number of rotatable bonds is 8. The molecule has 4 heteroatoms. The SMILES string of the molecule is CCCn1cc(OC(CNC(C)C)C(C)C)cn1. The summed E-state index contributed by atoms with van der Waals surface area (Å²) in [6.07, 6.45) is 5.06. The Balaban J connectivity index is 2.53. The first-order chi connectivity index (χ1) is 8.52. The van der Waals surface area contributed by atoms with Gasteiger partial charge in [0.1, 0.15) is 6.10 Å². The maximum absolute atomic E-state index is 6.01. The lowest BCUT2D eigenvalue weighted by molar-refractivity contribution is 0.146. The third kappa shape index (κ3) is 5.08. The fourth-order valence-electron chi connectivity index (χ4n) is 1.70. The lowest BCUT2D eigenvalue weighted by Gasteiger charge is -2.23. The molecule has 0 amide bonds. The van der Waals surface area contributed by atoms with Gasteiger partial charge < -0.3 is 10.1 Å². The zero-order valence-electron chi connectivity index (χ0n) is 12.3. The summed E-state index contributed by atoms with van der Waals surface area (Å²) >= 11 is 0. The van der Waals surface area contributed by atoms with Crippen LogP contribution in [0.25, 0.3) is 0 Å². The number of hydrogen-bond acceptors (Lipinski definition) is 3. The van der Waals surface area contributed by atoms with E-state index in [0.717, 1.165) is 25.3 Å². The van der Waals surface area contributed by atoms with E-state index in [1.165, 1.54) is 0 Å². The highest BCUT2D eigenvalue weighted by Gasteiger charge is 2.16. The number of nitrogens with one attached hydrogen (secondary N) is 1. The van der Waals surface area contributed by atoms with E-state index >= 15 is 0 Å². The van der Waals surface area contributed by atoms with Crippen molar-refractivity contribution in [2.24, 2.45) is 5.92 Å². The normalized spacial score (nSPS) is 13.3. The van der Waals surface area contributed by atoms with Gasteiger partial charge in [-0.1, -0.05) is 34.6 Å². The van der Waals surface area contributed by atoms with Gasteiger partial charge in [-0.3, -0.25) is 4.68 Å². The summed E-state index contributed by atoms with van der Waals surface area (Å²) in [5.74, 6) is 1.35. The Kier molecular flexibility index (Phi) is 6.19. The molecule has 104 valence electrons. The number of aryl methyl sites for hydroxylation is 1. The summed E-state index contributed by atoms with van der Waals surface area (Å²) in [4.78, 5) is 0. The molecule has 1 heterocycles. The fourth-order valence-corrected chi connectivity index (χ4v) is 1.70. The summed E-state index contributed by atoms with van der Waals surface area (Å²) in [5, 5.41) is 7.71. The molecule has 1 unspecified atom stereocenters. The van der Waals surface area contributed by atoms with Crippen LogP contribution in [0.5, 0.6) is 5.75 Å². The second-order valence-corrected chi connectivity index (χ2v) is 5.40. The third-order valence-corrected chi connectivity index (χ3v) is 2.82. The zero-order valence-corrected chi connectivity index (χ0v) is 12.3. The maximum Gasteiger partial charge on any atom is 0.157 e. The minimum absolute atomic E-state index is 0.187. The van der Waals surface area contributed by atoms with Crippen molar-refractivity contribution >= 4 is 0 Å². The van der Waals surface area contributed by atoms with E-state index in [0.29, 0.717) is 12.0 Å². The molecule has 18 heavy (non-hydrogen) atoms. The summed E-state index contributed by atoms with van der Waals surface area (Å²) in [7, 11) is 0. The molecule has 0 aromatic carbocycles. The van der Waals surface area contributed by atoms with Crippen LogP contribution in [0, 0.1) is 5.92 Å². The standard InChI is InChI=1S/C14H27N3O/c1-6-7-17-10-13(8-16-17)18-14(11(2)3)9-15-12(4)5/h8,10-12,14-15H,6-7,9H2,1-5H3. The molecule has 0 aliphatic carbocycles. The molecule has 0 aliphatic heterocycles. The molecule has 0 fully saturated rings. The van der Waals surface area contributed by atoms with Crippen molar-refractivity contribution in [1.29, 1.82) is 0 Å². The Morgan fingerprint density at radius 2 is 2.06 bits per heavy atom. The van der Waals surface area contributed by atoms with E-state index < -0.39 is 0 Å². The third-order valence-electron chi connectivity index (χ3n) is 2.82. The quantitative estimate of drug-likeness (QED) is 0.774. The second kappa shape index (κ2) is 7.41. The first kappa shape index (κ1) is 15.0. The van der Waals surface area contributed by atoms with Gasteiger partial charge in [-0.2, -0.15) is 5.10 Å². The van der Waals surface area contributed by atoms with E-state index in [2.05, 4.69) is 45.0 Å². The van der Waals surface area contributed by atoms with Crippen molar-refractivity contribution in [2.45, 2.75) is 59.7 Å². The minimum atomic E-state index is 0.187. The monoisotopic (exact) mass is 253 g/mol. The highest BCUT2D eigenvalue weighted by Crippen LogP contribution is 2.15. The van der Waals surface area contributed by atoms with E-state index in [-0.39, 0.29) is 6.10 Å². The first-order valence-electron chi connectivity index (χ1n) is 6.95. The number of aromatic nitrogens is 2. The van der Waals surface area contributed by atoms with Crippen LogP contribution < -0.4 is 10.1 Å². The Morgan fingerprint density at radius 3 is 2.61 bits per heavy atom. The summed E-state index contributed by atoms with van der Waals surface area (Å²) in [6, 6.07) is 0.484. The predicted molar refractivity (Wildman–Crippen MR) is 74.9 cm³/mol. The van der Waals surface area contributed by atoms with Crippen LogP contribution >= 0.6 is 0 Å². The van der Waals surface area contributed by atoms with Gasteiger partial charge >= 0.3 is 0 Å². The van der Waals surface area contributed by atoms with Crippen LogP contribution in [0.1, 0.15) is 41.0 Å². The summed E-state index contributed by atoms with van der Waals surface area (Å²) in [5.41, 5.74) is 0. The second-order valence-electron chi connectivity index (χ2n) is 5.40. The van der Waals surface area contributed by atoms with Crippen molar-refractivity contribution in [1.82, 2.24) is 15.1 Å². The van der Waals surface area contributed by atoms with E-state index in [9.17, 15) is 0 Å². The zero-order chi connectivity index (χ0) is 13.5. The largest absolute Gasteiger partial charge is 0.486 e. The molecule has 1 aromatic rings. The Hall–Kier alpha value is -1.03. The van der Waals surface area contributed by atoms with Crippen LogP contribution in [0.15, 0.2) is 12.4 Å². The molecule has 1 N–H and O–H groups in total. The van der Waals surface area contributed by atoms with Crippen molar-refractivity contribution < 1.29 is 4.74 Å². The molecule has 1 rings (SSSR count). The molecule has 0 saturated heterocycles. The van der Waals surface area contributed by atoms with Crippen molar-refractivity contribution in [2.75, 3.05) is 6.54 Å². The molecular weight excluding hydrogens is 226 g/mol. The first-order valence-corrected chi connectivity index (χ1v) is 6.95. The van der Waals surface area contributed by atoms with Crippen molar-refractivity contribution in [3.63, 3.8) is 0 Å². The van der Waals surface area contributed by atoms with Crippen LogP contribution in [0.2, 0.25) is 0 Å². The molecule has 1 atom stereocenters. The smallest absolute Gasteiger partial charge is 0.157 e. The topological polar surface area (TPSA) is 39.1 Å². The van der Waals surface area contributed by atoms with Gasteiger partial charge in [0.25, 0.3) is 0 Å². The van der Waals surface area contributed by atoms with E-state index in [1.807, 2.05) is 10.9 Å². The maximum atomic E-state index is 6.01. The average molecular weight is 253 g/mol. The highest BCUT2D eigenvalue weighted by atomic mass is 16.5. The number of hydrogen-bond donors (Lipinski definition) is 1. The van der Waals surface area contributed by atoms with Gasteiger partial charge in [0, 0.05) is 19.1 Å². The van der Waals surface area contributed by atoms with Gasteiger partial charge in [0.05, 0.1) is 12.4 Å². The molecule has 1 aromatic heterocycles. The molecule has 0 bridgehead atoms. The predicted octanol–water partition coefficient (Wildman–Crippen LogP) is 2.69. The van der Waals surface area contributed by atoms with Gasteiger partial charge in [-0.15, -0.1) is 0 Å². The fraction of sp³-hybridized carbons (Fsp3) is 0.786. The Labute approximate surface area is 111 Å². The Bertz CT molecular complexity index is 334. The average Bonchev–Trinajstić information content (AvgIpc) is 2.71. The Morgan fingerprint density at radius 1 is 1.33 bits per heavy atom. The van der Waals surface area contributed by atoms with E-state index in [4.69, 9.17) is 4.74 Å². The van der Waals surface area contributed by atoms with Crippen LogP contribution in [-0.4, -0.2) is 28.5 Å². The van der Waals surface area contributed by atoms with Gasteiger partial charge in [0.15, 0.2) is 5.75 Å². The van der Waals surface area contributed by atoms with E-state index in [1.54, 1.807) is 6.20 Å². The molecule has 0 spiro atoms.